The largest absolute Gasteiger partial charge is 0.372 e. The van der Waals surface area contributed by atoms with E-state index in [1.165, 1.54) is 0 Å². The van der Waals surface area contributed by atoms with Gasteiger partial charge in [-0.15, -0.1) is 0 Å². The van der Waals surface area contributed by atoms with Crippen LogP contribution < -0.4 is 5.43 Å². The molecule has 4 rings (SSSR count). The minimum absolute atomic E-state index is 0.469. The van der Waals surface area contributed by atoms with Crippen molar-refractivity contribution in [3.8, 4) is 5.69 Å². The Morgan fingerprint density at radius 1 is 0.800 bits per heavy atom. The lowest BCUT2D eigenvalue weighted by atomic mass is 9.85. The number of hydrazone groups is 1. The van der Waals surface area contributed by atoms with E-state index >= 15 is 0 Å². The molecule has 0 atom stereocenters. The smallest absolute Gasteiger partial charge is 0.281 e. The second-order valence-electron chi connectivity index (χ2n) is 6.78. The van der Waals surface area contributed by atoms with E-state index in [2.05, 4.69) is 10.5 Å². The van der Waals surface area contributed by atoms with Gasteiger partial charge in [-0.3, -0.25) is 4.79 Å². The van der Waals surface area contributed by atoms with Gasteiger partial charge in [-0.05, 0) is 35.4 Å². The van der Waals surface area contributed by atoms with Gasteiger partial charge in [-0.2, -0.15) is 5.10 Å². The summed E-state index contributed by atoms with van der Waals surface area (Å²) in [4.78, 5) is 13.1. The van der Waals surface area contributed by atoms with Gasteiger partial charge in [0.05, 0.1) is 11.9 Å². The van der Waals surface area contributed by atoms with Crippen molar-refractivity contribution in [3.63, 3.8) is 0 Å². The highest BCUT2D eigenvalue weighted by atomic mass is 16.3. The first kappa shape index (κ1) is 19.4. The normalized spacial score (nSPS) is 11.5. The summed E-state index contributed by atoms with van der Waals surface area (Å²) in [5.41, 5.74) is 3.36. The molecular formula is C25H21N3O2. The highest BCUT2D eigenvalue weighted by Gasteiger charge is 2.39. The number of carbonyl (C=O) groups excluding carboxylic acids is 1. The molecule has 3 aromatic carbocycles. The summed E-state index contributed by atoms with van der Waals surface area (Å²) in [5.74, 6) is -0.631. The van der Waals surface area contributed by atoms with Gasteiger partial charge in [-0.1, -0.05) is 78.9 Å². The van der Waals surface area contributed by atoms with Gasteiger partial charge < -0.3 is 9.67 Å². The third-order valence-electron chi connectivity index (χ3n) is 4.89. The van der Waals surface area contributed by atoms with Crippen molar-refractivity contribution in [1.82, 2.24) is 9.99 Å². The summed E-state index contributed by atoms with van der Waals surface area (Å²) in [6.07, 6.45) is 3.48. The molecule has 5 heteroatoms. The molecule has 5 nitrogen and oxygen atoms in total. The van der Waals surface area contributed by atoms with Crippen LogP contribution in [-0.4, -0.2) is 21.8 Å². The summed E-state index contributed by atoms with van der Waals surface area (Å²) in [5, 5.41) is 15.5. The molecule has 30 heavy (non-hydrogen) atoms. The lowest BCUT2D eigenvalue weighted by Crippen LogP contribution is -2.43. The number of nitrogens with one attached hydrogen (secondary N) is 1. The Hall–Kier alpha value is -3.96. The van der Waals surface area contributed by atoms with Crippen LogP contribution in [0.3, 0.4) is 0 Å². The Morgan fingerprint density at radius 3 is 1.90 bits per heavy atom. The minimum atomic E-state index is -1.86. The van der Waals surface area contributed by atoms with Gasteiger partial charge in [0.25, 0.3) is 5.91 Å². The molecule has 0 fully saturated rings. The lowest BCUT2D eigenvalue weighted by molar-refractivity contribution is -0.136. The molecule has 0 bridgehead atoms. The topological polar surface area (TPSA) is 66.6 Å². The maximum absolute atomic E-state index is 13.1. The van der Waals surface area contributed by atoms with Gasteiger partial charge >= 0.3 is 0 Å². The second-order valence-corrected chi connectivity index (χ2v) is 6.78. The Bertz CT molecular complexity index is 1100. The molecule has 4 aromatic rings. The third kappa shape index (κ3) is 3.79. The number of para-hydroxylation sites is 1. The van der Waals surface area contributed by atoms with Crippen LogP contribution in [0.4, 0.5) is 0 Å². The van der Waals surface area contributed by atoms with E-state index in [1.807, 2.05) is 65.4 Å². The van der Waals surface area contributed by atoms with Crippen molar-refractivity contribution in [1.29, 1.82) is 0 Å². The van der Waals surface area contributed by atoms with Gasteiger partial charge in [-0.25, -0.2) is 5.43 Å². The van der Waals surface area contributed by atoms with Gasteiger partial charge in [0, 0.05) is 11.9 Å². The molecule has 1 heterocycles. The number of nitrogens with zero attached hydrogens (tertiary/aromatic N) is 2. The van der Waals surface area contributed by atoms with Gasteiger partial charge in [0.15, 0.2) is 5.60 Å². The van der Waals surface area contributed by atoms with E-state index in [9.17, 15) is 9.90 Å². The molecule has 0 aliphatic rings. The van der Waals surface area contributed by atoms with Crippen LogP contribution in [0.5, 0.6) is 0 Å². The Kier molecular flexibility index (Phi) is 5.54. The molecule has 0 aliphatic heterocycles. The Morgan fingerprint density at radius 2 is 1.33 bits per heavy atom. The van der Waals surface area contributed by atoms with Crippen molar-refractivity contribution >= 4 is 12.1 Å². The third-order valence-corrected chi connectivity index (χ3v) is 4.89. The number of carbonyl (C=O) groups is 1. The van der Waals surface area contributed by atoms with Crippen molar-refractivity contribution in [3.05, 3.63) is 126 Å². The first-order valence-corrected chi connectivity index (χ1v) is 9.59. The SMILES string of the molecule is O=C(N/N=C\c1cccn1-c1ccccc1)C(O)(c1ccccc1)c1ccccc1. The van der Waals surface area contributed by atoms with Gasteiger partial charge in [0.2, 0.25) is 0 Å². The number of amides is 1. The van der Waals surface area contributed by atoms with E-state index < -0.39 is 11.5 Å². The van der Waals surface area contributed by atoms with Crippen molar-refractivity contribution in [2.45, 2.75) is 5.60 Å². The summed E-state index contributed by atoms with van der Waals surface area (Å²) >= 11 is 0. The van der Waals surface area contributed by atoms with E-state index in [0.29, 0.717) is 11.1 Å². The van der Waals surface area contributed by atoms with Gasteiger partial charge in [0.1, 0.15) is 0 Å². The Labute approximate surface area is 174 Å². The first-order valence-electron chi connectivity index (χ1n) is 9.59. The quantitative estimate of drug-likeness (QED) is 0.385. The molecule has 0 saturated carbocycles. The van der Waals surface area contributed by atoms with E-state index in [-0.39, 0.29) is 0 Å². The van der Waals surface area contributed by atoms with Crippen molar-refractivity contribution in [2.24, 2.45) is 5.10 Å². The average molecular weight is 395 g/mol. The Balaban J connectivity index is 1.60. The molecule has 0 spiro atoms. The predicted octanol–water partition coefficient (Wildman–Crippen LogP) is 3.86. The van der Waals surface area contributed by atoms with Crippen LogP contribution in [0.1, 0.15) is 16.8 Å². The molecule has 0 radical (unpaired) electrons. The first-order chi connectivity index (χ1) is 14.7. The van der Waals surface area contributed by atoms with E-state index in [0.717, 1.165) is 11.4 Å². The number of benzene rings is 3. The number of aromatic nitrogens is 1. The fourth-order valence-electron chi connectivity index (χ4n) is 3.35. The standard InChI is InChI=1S/C25H21N3O2/c29-24(25(30,20-11-4-1-5-12-20)21-13-6-2-7-14-21)27-26-19-23-17-10-18-28(23)22-15-8-3-9-16-22/h1-19,30H,(H,27,29)/b26-19-. The summed E-state index contributed by atoms with van der Waals surface area (Å²) in [6.45, 7) is 0. The summed E-state index contributed by atoms with van der Waals surface area (Å²) in [6, 6.07) is 31.3. The van der Waals surface area contributed by atoms with Crippen LogP contribution >= 0.6 is 0 Å². The minimum Gasteiger partial charge on any atom is -0.372 e. The van der Waals surface area contributed by atoms with E-state index in [4.69, 9.17) is 0 Å². The maximum Gasteiger partial charge on any atom is 0.281 e. The van der Waals surface area contributed by atoms with Crippen LogP contribution in [-0.2, 0) is 10.4 Å². The predicted molar refractivity (Wildman–Crippen MR) is 117 cm³/mol. The molecule has 1 aromatic heterocycles. The lowest BCUT2D eigenvalue weighted by Gasteiger charge is -2.27. The van der Waals surface area contributed by atoms with Crippen LogP contribution in [0, 0.1) is 0 Å². The van der Waals surface area contributed by atoms with Crippen LogP contribution in [0.15, 0.2) is 114 Å². The summed E-state index contributed by atoms with van der Waals surface area (Å²) in [7, 11) is 0. The maximum atomic E-state index is 13.1. The van der Waals surface area contributed by atoms with Crippen molar-refractivity contribution in [2.75, 3.05) is 0 Å². The highest BCUT2D eigenvalue weighted by Crippen LogP contribution is 2.29. The summed E-state index contributed by atoms with van der Waals surface area (Å²) < 4.78 is 1.95. The molecule has 0 unspecified atom stereocenters. The number of hydrogen-bond donors (Lipinski definition) is 2. The van der Waals surface area contributed by atoms with E-state index in [1.54, 1.807) is 54.7 Å². The average Bonchev–Trinajstić information content (AvgIpc) is 3.29. The molecule has 0 aliphatic carbocycles. The zero-order chi connectivity index (χ0) is 20.8. The molecule has 1 amide bonds. The molecule has 0 saturated heterocycles. The second kappa shape index (κ2) is 8.59. The zero-order valence-corrected chi connectivity index (χ0v) is 16.2. The molecule has 148 valence electrons. The molecular weight excluding hydrogens is 374 g/mol. The van der Waals surface area contributed by atoms with Crippen molar-refractivity contribution < 1.29 is 9.90 Å². The zero-order valence-electron chi connectivity index (χ0n) is 16.2. The number of aliphatic hydroxyl groups is 1. The monoisotopic (exact) mass is 395 g/mol. The fourth-order valence-corrected chi connectivity index (χ4v) is 3.35. The van der Waals surface area contributed by atoms with Crippen LogP contribution in [0.2, 0.25) is 0 Å². The number of hydrogen-bond acceptors (Lipinski definition) is 3. The fraction of sp³-hybridized carbons (Fsp3) is 0.0400. The highest BCUT2D eigenvalue weighted by molar-refractivity contribution is 5.91. The molecule has 2 N–H and O–H groups in total. The number of rotatable bonds is 6. The van der Waals surface area contributed by atoms with Crippen LogP contribution in [0.25, 0.3) is 5.69 Å².